The molecule has 140 valence electrons. The lowest BCUT2D eigenvalue weighted by Crippen LogP contribution is -2.47. The van der Waals surface area contributed by atoms with Crippen LogP contribution in [0.5, 0.6) is 5.75 Å². The maximum Gasteiger partial charge on any atom is 0.119 e. The third-order valence-corrected chi connectivity index (χ3v) is 4.44. The molecule has 1 fully saturated rings. The van der Waals surface area contributed by atoms with E-state index in [1.54, 1.807) is 0 Å². The van der Waals surface area contributed by atoms with E-state index in [9.17, 15) is 0 Å². The molecule has 1 atom stereocenters. The lowest BCUT2D eigenvalue weighted by molar-refractivity contribution is -0.0887. The Kier molecular flexibility index (Phi) is 6.64. The van der Waals surface area contributed by atoms with E-state index >= 15 is 0 Å². The summed E-state index contributed by atoms with van der Waals surface area (Å²) in [7, 11) is 4.26. The van der Waals surface area contributed by atoms with Gasteiger partial charge in [-0.25, -0.2) is 0 Å². The molecular formula is C21H34N2O2. The highest BCUT2D eigenvalue weighted by atomic mass is 16.5. The standard InChI is InChI=1S/C21H34N2O2/c1-17(2)25-19-9-7-18(8-10-19)13-22-15-21(16-23(5)6)11-12-24-20(3,4)14-21/h7-10,15,17H,11-14,16H2,1-6H3. The summed E-state index contributed by atoms with van der Waals surface area (Å²) in [6, 6.07) is 8.25. The number of hydrogen-bond acceptors (Lipinski definition) is 4. The van der Waals surface area contributed by atoms with Crippen LogP contribution in [0.15, 0.2) is 29.3 Å². The fourth-order valence-corrected chi connectivity index (χ4v) is 3.72. The number of hydrogen-bond donors (Lipinski definition) is 0. The lowest BCUT2D eigenvalue weighted by Gasteiger charge is -2.44. The fourth-order valence-electron chi connectivity index (χ4n) is 3.72. The van der Waals surface area contributed by atoms with E-state index in [4.69, 9.17) is 14.5 Å². The van der Waals surface area contributed by atoms with Crippen LogP contribution in [-0.4, -0.2) is 50.1 Å². The van der Waals surface area contributed by atoms with Crippen molar-refractivity contribution in [1.29, 1.82) is 0 Å². The van der Waals surface area contributed by atoms with Crippen LogP contribution in [0.1, 0.15) is 46.1 Å². The second kappa shape index (κ2) is 8.33. The molecule has 1 aliphatic heterocycles. The molecule has 1 aromatic carbocycles. The Hall–Kier alpha value is -1.39. The van der Waals surface area contributed by atoms with Gasteiger partial charge in [-0.2, -0.15) is 0 Å². The van der Waals surface area contributed by atoms with Gasteiger partial charge in [0, 0.05) is 24.8 Å². The van der Waals surface area contributed by atoms with Gasteiger partial charge in [0.1, 0.15) is 5.75 Å². The summed E-state index contributed by atoms with van der Waals surface area (Å²) in [6.45, 7) is 10.9. The van der Waals surface area contributed by atoms with Gasteiger partial charge in [0.2, 0.25) is 0 Å². The van der Waals surface area contributed by atoms with E-state index < -0.39 is 0 Å². The number of nitrogens with zero attached hydrogens (tertiary/aromatic N) is 2. The van der Waals surface area contributed by atoms with E-state index in [0.717, 1.165) is 31.7 Å². The summed E-state index contributed by atoms with van der Waals surface area (Å²) in [5, 5.41) is 0. The molecular weight excluding hydrogens is 312 g/mol. The summed E-state index contributed by atoms with van der Waals surface area (Å²) in [5.74, 6) is 0.915. The van der Waals surface area contributed by atoms with Crippen molar-refractivity contribution < 1.29 is 9.47 Å². The smallest absolute Gasteiger partial charge is 0.119 e. The van der Waals surface area contributed by atoms with E-state index in [2.05, 4.69) is 51.2 Å². The van der Waals surface area contributed by atoms with Crippen LogP contribution in [0, 0.1) is 5.41 Å². The van der Waals surface area contributed by atoms with Crippen molar-refractivity contribution in [2.45, 2.75) is 58.8 Å². The number of rotatable bonds is 7. The van der Waals surface area contributed by atoms with Crippen LogP contribution in [0.2, 0.25) is 0 Å². The molecule has 2 rings (SSSR count). The minimum absolute atomic E-state index is 0.0872. The zero-order chi connectivity index (χ0) is 18.5. The first kappa shape index (κ1) is 19.9. The lowest BCUT2D eigenvalue weighted by atomic mass is 9.74. The van der Waals surface area contributed by atoms with Gasteiger partial charge in [0.25, 0.3) is 0 Å². The van der Waals surface area contributed by atoms with Crippen molar-refractivity contribution in [1.82, 2.24) is 4.90 Å². The van der Waals surface area contributed by atoms with Crippen LogP contribution in [0.25, 0.3) is 0 Å². The predicted molar refractivity (Wildman–Crippen MR) is 105 cm³/mol. The van der Waals surface area contributed by atoms with Gasteiger partial charge in [0.15, 0.2) is 0 Å². The molecule has 1 saturated heterocycles. The molecule has 0 saturated carbocycles. The van der Waals surface area contributed by atoms with Crippen molar-refractivity contribution in [2.75, 3.05) is 27.2 Å². The zero-order valence-electron chi connectivity index (χ0n) is 16.7. The van der Waals surface area contributed by atoms with Crippen molar-refractivity contribution >= 4 is 6.21 Å². The third kappa shape index (κ3) is 6.44. The highest BCUT2D eigenvalue weighted by molar-refractivity contribution is 5.66. The second-order valence-corrected chi connectivity index (χ2v) is 8.42. The summed E-state index contributed by atoms with van der Waals surface area (Å²) in [4.78, 5) is 7.05. The molecule has 0 bridgehead atoms. The second-order valence-electron chi connectivity index (χ2n) is 8.42. The zero-order valence-corrected chi connectivity index (χ0v) is 16.7. The van der Waals surface area contributed by atoms with Gasteiger partial charge in [-0.3, -0.25) is 4.99 Å². The third-order valence-electron chi connectivity index (χ3n) is 4.44. The van der Waals surface area contributed by atoms with E-state index in [1.807, 2.05) is 26.0 Å². The van der Waals surface area contributed by atoms with Gasteiger partial charge in [-0.05, 0) is 72.3 Å². The fraction of sp³-hybridized carbons (Fsp3) is 0.667. The largest absolute Gasteiger partial charge is 0.491 e. The molecule has 1 aromatic rings. The molecule has 25 heavy (non-hydrogen) atoms. The summed E-state index contributed by atoms with van der Waals surface area (Å²) >= 11 is 0. The SMILES string of the molecule is CC(C)Oc1ccc(CN=CC2(CN(C)C)CCOC(C)(C)C2)cc1. The van der Waals surface area contributed by atoms with Crippen molar-refractivity contribution in [2.24, 2.45) is 10.4 Å². The Morgan fingerprint density at radius 1 is 1.24 bits per heavy atom. The van der Waals surface area contributed by atoms with Crippen molar-refractivity contribution in [3.05, 3.63) is 29.8 Å². The Morgan fingerprint density at radius 3 is 2.48 bits per heavy atom. The first-order chi connectivity index (χ1) is 11.7. The molecule has 4 nitrogen and oxygen atoms in total. The first-order valence-electron chi connectivity index (χ1n) is 9.25. The van der Waals surface area contributed by atoms with E-state index in [0.29, 0.717) is 6.54 Å². The Balaban J connectivity index is 2.03. The van der Waals surface area contributed by atoms with Crippen LogP contribution in [0.4, 0.5) is 0 Å². The van der Waals surface area contributed by atoms with Crippen LogP contribution < -0.4 is 4.74 Å². The molecule has 0 radical (unpaired) electrons. The van der Waals surface area contributed by atoms with Crippen LogP contribution >= 0.6 is 0 Å². The van der Waals surface area contributed by atoms with Gasteiger partial charge >= 0.3 is 0 Å². The van der Waals surface area contributed by atoms with E-state index in [1.165, 1.54) is 5.56 Å². The maximum atomic E-state index is 5.92. The summed E-state index contributed by atoms with van der Waals surface area (Å²) < 4.78 is 11.6. The number of aliphatic imine (C=N–C) groups is 1. The van der Waals surface area contributed by atoms with Gasteiger partial charge in [-0.15, -0.1) is 0 Å². The molecule has 0 aliphatic carbocycles. The van der Waals surface area contributed by atoms with Gasteiger partial charge < -0.3 is 14.4 Å². The summed E-state index contributed by atoms with van der Waals surface area (Å²) in [6.07, 6.45) is 4.42. The number of ether oxygens (including phenoxy) is 2. The molecule has 1 heterocycles. The predicted octanol–water partition coefficient (Wildman–Crippen LogP) is 4.18. The Morgan fingerprint density at radius 2 is 1.92 bits per heavy atom. The normalized spacial score (nSPS) is 23.5. The minimum Gasteiger partial charge on any atom is -0.491 e. The molecule has 0 amide bonds. The van der Waals surface area contributed by atoms with Crippen molar-refractivity contribution in [3.8, 4) is 5.75 Å². The maximum absolute atomic E-state index is 5.92. The topological polar surface area (TPSA) is 34.1 Å². The van der Waals surface area contributed by atoms with Gasteiger partial charge in [0.05, 0.1) is 18.2 Å². The number of benzene rings is 1. The average molecular weight is 347 g/mol. The van der Waals surface area contributed by atoms with Crippen molar-refractivity contribution in [3.63, 3.8) is 0 Å². The highest BCUT2D eigenvalue weighted by Crippen LogP contribution is 2.38. The molecule has 1 unspecified atom stereocenters. The quantitative estimate of drug-likeness (QED) is 0.695. The first-order valence-corrected chi connectivity index (χ1v) is 9.25. The van der Waals surface area contributed by atoms with Gasteiger partial charge in [-0.1, -0.05) is 12.1 Å². The van der Waals surface area contributed by atoms with E-state index in [-0.39, 0.29) is 17.1 Å². The monoisotopic (exact) mass is 346 g/mol. The van der Waals surface area contributed by atoms with Crippen LogP contribution in [0.3, 0.4) is 0 Å². The highest BCUT2D eigenvalue weighted by Gasteiger charge is 2.40. The van der Waals surface area contributed by atoms with Crippen LogP contribution in [-0.2, 0) is 11.3 Å². The molecule has 0 N–H and O–H groups in total. The Bertz CT molecular complexity index is 564. The Labute approximate surface area is 153 Å². The molecule has 1 aliphatic rings. The summed E-state index contributed by atoms with van der Waals surface area (Å²) in [5.41, 5.74) is 1.21. The molecule has 0 aromatic heterocycles. The molecule has 0 spiro atoms. The average Bonchev–Trinajstić information content (AvgIpc) is 2.46. The minimum atomic E-state index is -0.0872. The molecule has 4 heteroatoms.